The van der Waals surface area contributed by atoms with Gasteiger partial charge in [-0.1, -0.05) is 41.4 Å². The first-order valence-electron chi connectivity index (χ1n) is 6.05. The van der Waals surface area contributed by atoms with Crippen LogP contribution in [0.4, 0.5) is 17.1 Å². The number of para-hydroxylation sites is 1. The fourth-order valence-electron chi connectivity index (χ4n) is 1.75. The van der Waals surface area contributed by atoms with Crippen molar-refractivity contribution in [2.75, 3.05) is 5.32 Å². The van der Waals surface area contributed by atoms with Gasteiger partial charge in [-0.05, 0) is 40.2 Å². The number of nitrogens with zero attached hydrogens (tertiary/aromatic N) is 1. The minimum atomic E-state index is -4.21. The second-order valence-corrected chi connectivity index (χ2v) is 10.9. The molecule has 0 unspecified atom stereocenters. The average molecular weight is 440 g/mol. The molecule has 0 bridgehead atoms. The lowest BCUT2D eigenvalue weighted by atomic mass is 10.2. The Morgan fingerprint density at radius 3 is 2.26 bits per heavy atom. The second-order valence-electron chi connectivity index (χ2n) is 4.38. The molecule has 0 atom stereocenters. The summed E-state index contributed by atoms with van der Waals surface area (Å²) in [5.74, 6) is 0. The zero-order valence-electron chi connectivity index (χ0n) is 11.2. The number of alkyl halides is 3. The van der Waals surface area contributed by atoms with Crippen LogP contribution in [-0.2, 0) is 9.84 Å². The van der Waals surface area contributed by atoms with Crippen molar-refractivity contribution in [2.45, 2.75) is 7.47 Å². The van der Waals surface area contributed by atoms with Crippen molar-refractivity contribution in [3.8, 4) is 0 Å². The maximum absolute atomic E-state index is 12.1. The highest BCUT2D eigenvalue weighted by Gasteiger charge is 2.39. The van der Waals surface area contributed by atoms with Crippen LogP contribution < -0.4 is 5.32 Å². The number of anilines is 2. The third kappa shape index (κ3) is 3.95. The van der Waals surface area contributed by atoms with E-state index in [0.717, 1.165) is 6.07 Å². The second kappa shape index (κ2) is 6.64. The molecule has 0 radical (unpaired) electrons. The number of nitro groups is 1. The van der Waals surface area contributed by atoms with Gasteiger partial charge < -0.3 is 5.32 Å². The summed E-state index contributed by atoms with van der Waals surface area (Å²) in [7, 11) is -4.21. The average Bonchev–Trinajstić information content (AvgIpc) is 2.47. The van der Waals surface area contributed by atoms with Crippen LogP contribution in [0.25, 0.3) is 0 Å². The Balaban J connectivity index is 2.50. The third-order valence-electron chi connectivity index (χ3n) is 2.83. The number of sulfone groups is 1. The Bertz CT molecular complexity index is 839. The van der Waals surface area contributed by atoms with Crippen molar-refractivity contribution in [3.05, 3.63) is 58.6 Å². The van der Waals surface area contributed by atoms with Crippen molar-refractivity contribution >= 4 is 66.0 Å². The number of hydrogen-bond donors (Lipinski definition) is 1. The molecular formula is C13H9BrCl2N2O4S. The molecule has 2 aromatic rings. The monoisotopic (exact) mass is 438 g/mol. The quantitative estimate of drug-likeness (QED) is 0.417. The van der Waals surface area contributed by atoms with Gasteiger partial charge >= 0.3 is 0 Å². The van der Waals surface area contributed by atoms with Crippen LogP contribution in [-0.4, -0.2) is 15.9 Å². The van der Waals surface area contributed by atoms with Gasteiger partial charge in [0.1, 0.15) is 5.69 Å². The number of halogens is 3. The Morgan fingerprint density at radius 1 is 1.13 bits per heavy atom. The van der Waals surface area contributed by atoms with Crippen molar-refractivity contribution in [1.29, 1.82) is 0 Å². The van der Waals surface area contributed by atoms with Gasteiger partial charge in [0.15, 0.2) is 0 Å². The van der Waals surface area contributed by atoms with E-state index in [9.17, 15) is 18.5 Å². The Morgan fingerprint density at radius 2 is 1.74 bits per heavy atom. The van der Waals surface area contributed by atoms with E-state index in [4.69, 9.17) is 23.2 Å². The van der Waals surface area contributed by atoms with Gasteiger partial charge in [0.2, 0.25) is 9.84 Å². The summed E-state index contributed by atoms with van der Waals surface area (Å²) in [6.45, 7) is 0. The van der Waals surface area contributed by atoms with Gasteiger partial charge in [-0.2, -0.15) is 0 Å². The summed E-state index contributed by atoms with van der Waals surface area (Å²) in [4.78, 5) is 10.2. The minimum Gasteiger partial charge on any atom is -0.350 e. The number of hydrogen-bond acceptors (Lipinski definition) is 5. The predicted molar refractivity (Wildman–Crippen MR) is 93.4 cm³/mol. The molecule has 0 aromatic heterocycles. The summed E-state index contributed by atoms with van der Waals surface area (Å²) in [6.07, 6.45) is 0. The molecule has 0 aliphatic carbocycles. The molecule has 2 rings (SSSR count). The first-order valence-corrected chi connectivity index (χ1v) is 9.08. The van der Waals surface area contributed by atoms with Crippen LogP contribution in [0, 0.1) is 10.1 Å². The Kier molecular flexibility index (Phi) is 5.20. The third-order valence-corrected chi connectivity index (χ3v) is 6.82. The molecular weight excluding hydrogens is 431 g/mol. The SMILES string of the molecule is O=[N+]([O-])c1cc(S(=O)(=O)C(Cl)(Cl)Br)ccc1Nc1ccccc1. The normalized spacial score (nSPS) is 12.0. The summed E-state index contributed by atoms with van der Waals surface area (Å²) >= 11 is 13.8. The van der Waals surface area contributed by atoms with E-state index < -0.39 is 23.0 Å². The van der Waals surface area contributed by atoms with E-state index in [1.54, 1.807) is 30.3 Å². The van der Waals surface area contributed by atoms with Gasteiger partial charge in [0.05, 0.1) is 9.82 Å². The van der Waals surface area contributed by atoms with E-state index in [-0.39, 0.29) is 10.6 Å². The standard InChI is InChI=1S/C13H9BrCl2N2O4S/c14-13(15,16)23(21,22)10-6-7-11(12(8-10)18(19)20)17-9-4-2-1-3-5-9/h1-8,17H. The van der Waals surface area contributed by atoms with Crippen LogP contribution in [0.1, 0.15) is 0 Å². The summed E-state index contributed by atoms with van der Waals surface area (Å²) in [6, 6.07) is 12.1. The molecule has 0 aliphatic rings. The first kappa shape index (κ1) is 18.0. The zero-order chi connectivity index (χ0) is 17.3. The highest BCUT2D eigenvalue weighted by Crippen LogP contribution is 2.41. The summed E-state index contributed by atoms with van der Waals surface area (Å²) in [5.41, 5.74) is 0.347. The number of nitro benzene ring substituents is 1. The molecule has 2 aromatic carbocycles. The molecule has 0 spiro atoms. The fraction of sp³-hybridized carbons (Fsp3) is 0.0769. The Hall–Kier alpha value is -1.35. The number of nitrogens with one attached hydrogen (secondary N) is 1. The molecule has 0 heterocycles. The van der Waals surface area contributed by atoms with Crippen LogP contribution in [0.2, 0.25) is 0 Å². The molecule has 10 heteroatoms. The molecule has 6 nitrogen and oxygen atoms in total. The van der Waals surface area contributed by atoms with E-state index in [1.165, 1.54) is 12.1 Å². The summed E-state index contributed by atoms with van der Waals surface area (Å²) < 4.78 is 22.0. The maximum Gasteiger partial charge on any atom is 0.293 e. The van der Waals surface area contributed by atoms with E-state index in [1.807, 2.05) is 0 Å². The van der Waals surface area contributed by atoms with Gasteiger partial charge in [0.25, 0.3) is 8.26 Å². The van der Waals surface area contributed by atoms with Crippen molar-refractivity contribution in [3.63, 3.8) is 0 Å². The lowest BCUT2D eigenvalue weighted by Crippen LogP contribution is -2.19. The zero-order valence-corrected chi connectivity index (χ0v) is 15.2. The fourth-order valence-corrected chi connectivity index (χ4v) is 3.62. The lowest BCUT2D eigenvalue weighted by Gasteiger charge is -2.14. The van der Waals surface area contributed by atoms with Crippen LogP contribution in [0.3, 0.4) is 0 Å². The van der Waals surface area contributed by atoms with Crippen molar-refractivity contribution in [1.82, 2.24) is 0 Å². The van der Waals surface area contributed by atoms with Gasteiger partial charge in [0, 0.05) is 11.8 Å². The molecule has 0 amide bonds. The molecule has 0 aliphatic heterocycles. The molecule has 1 N–H and O–H groups in total. The molecule has 122 valence electrons. The van der Waals surface area contributed by atoms with Gasteiger partial charge in [-0.15, -0.1) is 0 Å². The number of benzene rings is 2. The van der Waals surface area contributed by atoms with Crippen molar-refractivity contribution in [2.24, 2.45) is 0 Å². The highest BCUT2D eigenvalue weighted by atomic mass is 79.9. The van der Waals surface area contributed by atoms with Gasteiger partial charge in [-0.25, -0.2) is 8.42 Å². The molecule has 0 saturated heterocycles. The van der Waals surface area contributed by atoms with Gasteiger partial charge in [-0.3, -0.25) is 10.1 Å². The molecule has 0 fully saturated rings. The van der Waals surface area contributed by atoms with Crippen LogP contribution in [0.15, 0.2) is 53.4 Å². The Labute approximate surface area is 150 Å². The van der Waals surface area contributed by atoms with E-state index in [0.29, 0.717) is 5.69 Å². The van der Waals surface area contributed by atoms with E-state index in [2.05, 4.69) is 21.2 Å². The number of rotatable bonds is 5. The maximum atomic E-state index is 12.1. The molecule has 23 heavy (non-hydrogen) atoms. The smallest absolute Gasteiger partial charge is 0.293 e. The topological polar surface area (TPSA) is 89.3 Å². The van der Waals surface area contributed by atoms with Crippen LogP contribution in [0.5, 0.6) is 0 Å². The first-order chi connectivity index (χ1) is 10.6. The van der Waals surface area contributed by atoms with E-state index >= 15 is 0 Å². The lowest BCUT2D eigenvalue weighted by molar-refractivity contribution is -0.384. The molecule has 0 saturated carbocycles. The largest absolute Gasteiger partial charge is 0.350 e. The van der Waals surface area contributed by atoms with Crippen LogP contribution >= 0.6 is 39.1 Å². The van der Waals surface area contributed by atoms with Crippen molar-refractivity contribution < 1.29 is 13.3 Å². The predicted octanol–water partition coefficient (Wildman–Crippen LogP) is 4.60. The summed E-state index contributed by atoms with van der Waals surface area (Å²) in [5, 5.41) is 14.1. The highest BCUT2D eigenvalue weighted by molar-refractivity contribution is 9.12. The minimum absolute atomic E-state index is 0.143.